The van der Waals surface area contributed by atoms with E-state index >= 15 is 0 Å². The molecule has 0 spiro atoms. The van der Waals surface area contributed by atoms with Crippen LogP contribution in [-0.4, -0.2) is 53.0 Å². The van der Waals surface area contributed by atoms with E-state index in [0.29, 0.717) is 25.7 Å². The quantitative estimate of drug-likeness (QED) is 0.497. The molecule has 1 unspecified atom stereocenters. The summed E-state index contributed by atoms with van der Waals surface area (Å²) in [4.78, 5) is 24.3. The maximum Gasteiger partial charge on any atom is 0.179 e. The monoisotopic (exact) mass is 458 g/mol. The van der Waals surface area contributed by atoms with Crippen LogP contribution in [0.5, 0.6) is 0 Å². The Morgan fingerprint density at radius 1 is 1.23 bits per heavy atom. The van der Waals surface area contributed by atoms with Crippen LogP contribution in [0.25, 0.3) is 0 Å². The smallest absolute Gasteiger partial charge is 0.179 e. The van der Waals surface area contributed by atoms with Crippen LogP contribution in [0.2, 0.25) is 0 Å². The maximum atomic E-state index is 13.1. The molecule has 1 N–H and O–H groups in total. The molecule has 4 rings (SSSR count). The molecular weight excluding hydrogens is 427 g/mol. The summed E-state index contributed by atoms with van der Waals surface area (Å²) < 4.78 is 11.3. The fourth-order valence-electron chi connectivity index (χ4n) is 7.60. The molecule has 7 heteroatoms. The Kier molecular flexibility index (Phi) is 5.72. The standard InChI is InChI=1S/C23H32Cl2O5/c1-20-8-6-15(26)10-14(20)4-5-17-16-7-9-22(19(28)12-24,30-13-29-3)21(16,2)11-18(27)23(17,20)25/h10,16-18,27H,4-9,11-13H2,1-3H3/t16-,17-,18?,20-,21-,22-,23-/m0/s1. The van der Waals surface area contributed by atoms with Gasteiger partial charge in [0.25, 0.3) is 0 Å². The number of aliphatic hydroxyl groups is 1. The van der Waals surface area contributed by atoms with Gasteiger partial charge in [0.15, 0.2) is 11.6 Å². The highest BCUT2D eigenvalue weighted by Crippen LogP contribution is 2.71. The number of carbonyl (C=O) groups excluding carboxylic acids is 2. The Morgan fingerprint density at radius 3 is 2.63 bits per heavy atom. The zero-order chi connectivity index (χ0) is 21.9. The van der Waals surface area contributed by atoms with Gasteiger partial charge in [0.1, 0.15) is 12.4 Å². The van der Waals surface area contributed by atoms with Crippen molar-refractivity contribution in [3.05, 3.63) is 11.6 Å². The van der Waals surface area contributed by atoms with Crippen molar-refractivity contribution in [2.75, 3.05) is 19.8 Å². The molecule has 0 amide bonds. The number of halogens is 2. The molecule has 30 heavy (non-hydrogen) atoms. The van der Waals surface area contributed by atoms with Gasteiger partial charge in [0, 0.05) is 24.4 Å². The van der Waals surface area contributed by atoms with E-state index in [4.69, 9.17) is 32.7 Å². The van der Waals surface area contributed by atoms with Gasteiger partial charge in [-0.1, -0.05) is 19.4 Å². The molecular formula is C23H32Cl2O5. The third kappa shape index (κ3) is 2.71. The normalized spacial score (nSPS) is 47.9. The summed E-state index contributed by atoms with van der Waals surface area (Å²) in [6, 6.07) is 0. The van der Waals surface area contributed by atoms with Crippen LogP contribution in [0.1, 0.15) is 58.8 Å². The summed E-state index contributed by atoms with van der Waals surface area (Å²) >= 11 is 13.5. The fraction of sp³-hybridized carbons (Fsp3) is 0.826. The van der Waals surface area contributed by atoms with Crippen LogP contribution in [0.3, 0.4) is 0 Å². The van der Waals surface area contributed by atoms with Crippen molar-refractivity contribution in [2.24, 2.45) is 22.7 Å². The first-order valence-electron chi connectivity index (χ1n) is 10.9. The molecule has 0 heterocycles. The highest BCUT2D eigenvalue weighted by atomic mass is 35.5. The Labute approximate surface area is 188 Å². The lowest BCUT2D eigenvalue weighted by atomic mass is 9.45. The highest BCUT2D eigenvalue weighted by molar-refractivity contribution is 6.29. The number of hydrogen-bond donors (Lipinski definition) is 1. The molecule has 4 aliphatic rings. The fourth-order valence-corrected chi connectivity index (χ4v) is 8.37. The summed E-state index contributed by atoms with van der Waals surface area (Å²) in [5.74, 6) is 0.0204. The van der Waals surface area contributed by atoms with Crippen molar-refractivity contribution in [3.63, 3.8) is 0 Å². The number of aliphatic hydroxyl groups excluding tert-OH is 1. The van der Waals surface area contributed by atoms with Gasteiger partial charge in [-0.15, -0.1) is 23.2 Å². The molecule has 3 fully saturated rings. The minimum atomic E-state index is -1.08. The third-order valence-electron chi connectivity index (χ3n) is 9.16. The van der Waals surface area contributed by atoms with Crippen molar-refractivity contribution >= 4 is 34.8 Å². The van der Waals surface area contributed by atoms with E-state index in [0.717, 1.165) is 24.8 Å². The van der Waals surface area contributed by atoms with Crippen molar-refractivity contribution in [1.29, 1.82) is 0 Å². The van der Waals surface area contributed by atoms with E-state index in [2.05, 4.69) is 13.8 Å². The summed E-state index contributed by atoms with van der Waals surface area (Å²) in [6.45, 7) is 4.18. The molecule has 0 aromatic carbocycles. The van der Waals surface area contributed by atoms with Crippen molar-refractivity contribution in [3.8, 4) is 0 Å². The second-order valence-electron chi connectivity index (χ2n) is 10.1. The molecule has 7 atom stereocenters. The van der Waals surface area contributed by atoms with Crippen molar-refractivity contribution in [2.45, 2.75) is 75.4 Å². The van der Waals surface area contributed by atoms with Gasteiger partial charge < -0.3 is 14.6 Å². The number of Topliss-reactive ketones (excluding diaryl/α,β-unsaturated/α-hetero) is 1. The maximum absolute atomic E-state index is 13.1. The molecule has 3 saturated carbocycles. The highest BCUT2D eigenvalue weighted by Gasteiger charge is 2.73. The molecule has 0 saturated heterocycles. The minimum Gasteiger partial charge on any atom is -0.391 e. The van der Waals surface area contributed by atoms with E-state index < -0.39 is 27.4 Å². The topological polar surface area (TPSA) is 72.8 Å². The third-order valence-corrected chi connectivity index (χ3v) is 10.3. The van der Waals surface area contributed by atoms with E-state index in [1.54, 1.807) is 6.08 Å². The SMILES string of the molecule is COCO[C@]1(C(=O)CCl)CC[C@H]2[C@@H]3CCC4=CC(=O)CC[C@]4(C)[C@@]3(Cl)C(O)C[C@@]21C. The van der Waals surface area contributed by atoms with Crippen LogP contribution in [0.4, 0.5) is 0 Å². The van der Waals surface area contributed by atoms with Crippen molar-refractivity contribution < 1.29 is 24.2 Å². The lowest BCUT2D eigenvalue weighted by Gasteiger charge is -2.65. The average molecular weight is 459 g/mol. The lowest BCUT2D eigenvalue weighted by molar-refractivity contribution is -0.209. The molecule has 4 aliphatic carbocycles. The van der Waals surface area contributed by atoms with Crippen LogP contribution in [-0.2, 0) is 19.1 Å². The predicted octanol–water partition coefficient (Wildman–Crippen LogP) is 4.02. The second-order valence-corrected chi connectivity index (χ2v) is 11.0. The number of hydrogen-bond acceptors (Lipinski definition) is 5. The summed E-state index contributed by atoms with van der Waals surface area (Å²) in [5.41, 5.74) is -1.01. The van der Waals surface area contributed by atoms with E-state index in [-0.39, 0.29) is 36.1 Å². The van der Waals surface area contributed by atoms with Gasteiger partial charge in [-0.3, -0.25) is 9.59 Å². The van der Waals surface area contributed by atoms with Gasteiger partial charge in [0.2, 0.25) is 0 Å². The first-order chi connectivity index (χ1) is 14.1. The molecule has 0 aromatic heterocycles. The number of alkyl halides is 2. The second kappa shape index (κ2) is 7.55. The Bertz CT molecular complexity index is 784. The summed E-state index contributed by atoms with van der Waals surface area (Å²) in [7, 11) is 1.54. The van der Waals surface area contributed by atoms with Crippen LogP contribution in [0.15, 0.2) is 11.6 Å². The van der Waals surface area contributed by atoms with Gasteiger partial charge in [-0.25, -0.2) is 0 Å². The number of carbonyl (C=O) groups is 2. The average Bonchev–Trinajstić information content (AvgIpc) is 3.00. The van der Waals surface area contributed by atoms with Crippen LogP contribution in [0, 0.1) is 22.7 Å². The van der Waals surface area contributed by atoms with Gasteiger partial charge in [0.05, 0.1) is 16.9 Å². The van der Waals surface area contributed by atoms with Gasteiger partial charge >= 0.3 is 0 Å². The minimum absolute atomic E-state index is 0.00440. The lowest BCUT2D eigenvalue weighted by Crippen LogP contribution is -2.69. The molecule has 0 radical (unpaired) electrons. The number of rotatable bonds is 5. The Hall–Kier alpha value is -0.460. The summed E-state index contributed by atoms with van der Waals surface area (Å²) in [6.07, 6.45) is 5.37. The molecule has 168 valence electrons. The van der Waals surface area contributed by atoms with Crippen LogP contribution >= 0.6 is 23.2 Å². The molecule has 5 nitrogen and oxygen atoms in total. The zero-order valence-corrected chi connectivity index (χ0v) is 19.5. The molecule has 0 bridgehead atoms. The van der Waals surface area contributed by atoms with E-state index in [1.165, 1.54) is 7.11 Å². The number of ketones is 2. The van der Waals surface area contributed by atoms with E-state index in [1.807, 2.05) is 0 Å². The number of methoxy groups -OCH3 is 1. The first-order valence-corrected chi connectivity index (χ1v) is 11.8. The number of allylic oxidation sites excluding steroid dienone is 1. The van der Waals surface area contributed by atoms with Crippen molar-refractivity contribution in [1.82, 2.24) is 0 Å². The number of fused-ring (bicyclic) bond motifs is 5. The molecule has 0 aliphatic heterocycles. The van der Waals surface area contributed by atoms with Gasteiger partial charge in [-0.05, 0) is 56.4 Å². The summed E-state index contributed by atoms with van der Waals surface area (Å²) in [5, 5.41) is 11.6. The molecule has 0 aromatic rings. The first kappa shape index (κ1) is 22.7. The Balaban J connectivity index is 1.78. The Morgan fingerprint density at radius 2 is 1.97 bits per heavy atom. The van der Waals surface area contributed by atoms with E-state index in [9.17, 15) is 14.7 Å². The number of ether oxygens (including phenoxy) is 2. The zero-order valence-electron chi connectivity index (χ0n) is 18.0. The van der Waals surface area contributed by atoms with Gasteiger partial charge in [-0.2, -0.15) is 0 Å². The predicted molar refractivity (Wildman–Crippen MR) is 115 cm³/mol. The largest absolute Gasteiger partial charge is 0.391 e. The van der Waals surface area contributed by atoms with Crippen LogP contribution < -0.4 is 0 Å².